The van der Waals surface area contributed by atoms with Gasteiger partial charge in [-0.1, -0.05) is 0 Å². The maximum absolute atomic E-state index is 10.9. The van der Waals surface area contributed by atoms with Gasteiger partial charge < -0.3 is 47.3 Å². The molecule has 0 fully saturated rings. The van der Waals surface area contributed by atoms with E-state index in [9.17, 15) is 9.59 Å². The van der Waals surface area contributed by atoms with Crippen LogP contribution in [0.5, 0.6) is 0 Å². The molecule has 0 amide bonds. The van der Waals surface area contributed by atoms with E-state index < -0.39 is 31.7 Å². The molecule has 0 aliphatic carbocycles. The average Bonchev–Trinajstić information content (AvgIpc) is 2.60. The molecule has 0 aliphatic heterocycles. The van der Waals surface area contributed by atoms with E-state index in [1.54, 1.807) is 0 Å². The number of hydrogen-bond acceptors (Lipinski definition) is 6. The van der Waals surface area contributed by atoms with E-state index in [1.807, 2.05) is 0 Å². The predicted molar refractivity (Wildman–Crippen MR) is 111 cm³/mol. The van der Waals surface area contributed by atoms with Crippen LogP contribution in [0.25, 0.3) is 0 Å². The summed E-state index contributed by atoms with van der Waals surface area (Å²) in [6, 6.07) is 0. The van der Waals surface area contributed by atoms with Gasteiger partial charge in [0.2, 0.25) is 0 Å². The predicted octanol–water partition coefficient (Wildman–Crippen LogP) is 4.49. The number of carbonyl (C=O) groups is 2. The molecule has 156 valence electrons. The maximum Gasteiger partial charge on any atom is 0.389 e. The normalized spacial score (nSPS) is 6.92. The minimum atomic E-state index is -0.605. The minimum Gasteiger partial charge on any atom is -0.512 e. The summed E-state index contributed by atoms with van der Waals surface area (Å²) in [7, 11) is -2.42. The van der Waals surface area contributed by atoms with Crippen molar-refractivity contribution in [3.05, 3.63) is 26.3 Å². The first-order chi connectivity index (χ1) is 11.1. The second-order valence-corrected chi connectivity index (χ2v) is 15.5. The smallest absolute Gasteiger partial charge is 0.389 e. The van der Waals surface area contributed by atoms with Crippen molar-refractivity contribution < 1.29 is 51.7 Å². The Hall–Kier alpha value is 0.397. The number of hydrogen-bond donors (Lipinski definition) is 0. The monoisotopic (exact) mass is 798 g/mol. The van der Waals surface area contributed by atoms with E-state index in [0.29, 0.717) is 10.5 Å². The second-order valence-electron chi connectivity index (χ2n) is 4.66. The van der Waals surface area contributed by atoms with E-state index in [-0.39, 0.29) is 42.1 Å². The van der Waals surface area contributed by atoms with Gasteiger partial charge in [-0.2, -0.15) is 0 Å². The third-order valence-corrected chi connectivity index (χ3v) is 11.4. The van der Waals surface area contributed by atoms with Gasteiger partial charge in [-0.3, -0.25) is 0 Å². The van der Waals surface area contributed by atoms with Crippen molar-refractivity contribution in [1.29, 1.82) is 21.0 Å². The van der Waals surface area contributed by atoms with Crippen molar-refractivity contribution in [1.82, 2.24) is 0 Å². The van der Waals surface area contributed by atoms with Gasteiger partial charge >= 0.3 is 10.5 Å². The van der Waals surface area contributed by atoms with Crippen molar-refractivity contribution in [2.75, 3.05) is 53.3 Å². The summed E-state index contributed by atoms with van der Waals surface area (Å²) >= 11 is 0. The standard InChI is InChI=1S/2C5H12OP2.4CN.2Pt/c2*1-7(2)5(6)8(3)4;4*1-2;;/h2*1-4H3;;;;;;/q;;4*-1;;/p+4. The van der Waals surface area contributed by atoms with Gasteiger partial charge in [-0.05, 0) is 0 Å². The molecule has 0 unspecified atom stereocenters. The summed E-state index contributed by atoms with van der Waals surface area (Å²) in [5.74, 6) is 0. The van der Waals surface area contributed by atoms with E-state index in [1.165, 1.54) is 0 Å². The van der Waals surface area contributed by atoms with Gasteiger partial charge in [-0.15, -0.1) is 0 Å². The van der Waals surface area contributed by atoms with Crippen LogP contribution in [0.4, 0.5) is 9.59 Å². The summed E-state index contributed by atoms with van der Waals surface area (Å²) in [5.41, 5.74) is 0. The molecule has 6 nitrogen and oxygen atoms in total. The van der Waals surface area contributed by atoms with Crippen LogP contribution in [-0.2, 0) is 42.1 Å². The molecular formula is C14H28N4O2P4Pt2. The fraction of sp³-hybridized carbons (Fsp3) is 0.571. The number of nitrogens with zero attached hydrogens (tertiary/aromatic N) is 4. The van der Waals surface area contributed by atoms with Crippen LogP contribution in [0.2, 0.25) is 0 Å². The van der Waals surface area contributed by atoms with Gasteiger partial charge in [0.15, 0.2) is 0 Å². The summed E-state index contributed by atoms with van der Waals surface area (Å²) in [6.07, 6.45) is 0. The Morgan fingerprint density at radius 3 is 0.538 bits per heavy atom. The summed E-state index contributed by atoms with van der Waals surface area (Å²) < 4.78 is 0. The third kappa shape index (κ3) is 49.7. The molecule has 0 saturated carbocycles. The molecule has 26 heavy (non-hydrogen) atoms. The Morgan fingerprint density at radius 1 is 0.462 bits per heavy atom. The Labute approximate surface area is 193 Å². The SMILES string of the molecule is C[PH+](C)C(=O)[PH+](C)C.C[PH+](C)C(=O)[PH+](C)C.[C-]#N.[C-]#N.[C-]#N.[C-]#N.[Pt].[Pt]. The third-order valence-electron chi connectivity index (χ3n) is 1.82. The first-order valence-electron chi connectivity index (χ1n) is 6.30. The van der Waals surface area contributed by atoms with Crippen LogP contribution in [0.1, 0.15) is 0 Å². The first kappa shape index (κ1) is 50.3. The van der Waals surface area contributed by atoms with Crippen LogP contribution in [0.15, 0.2) is 0 Å². The van der Waals surface area contributed by atoms with Gasteiger partial charge in [0.25, 0.3) is 0 Å². The van der Waals surface area contributed by atoms with Gasteiger partial charge in [-0.25, -0.2) is 9.59 Å². The molecule has 0 N–H and O–H groups in total. The molecule has 0 aromatic rings. The molecule has 12 heteroatoms. The topological polar surface area (TPSA) is 129 Å². The quantitative estimate of drug-likeness (QED) is 0.305. The molecule has 0 bridgehead atoms. The van der Waals surface area contributed by atoms with E-state index in [4.69, 9.17) is 47.3 Å². The molecule has 0 spiro atoms. The Morgan fingerprint density at radius 2 is 0.538 bits per heavy atom. The van der Waals surface area contributed by atoms with Gasteiger partial charge in [0.1, 0.15) is 31.7 Å². The van der Waals surface area contributed by atoms with Crippen molar-refractivity contribution >= 4 is 42.2 Å². The van der Waals surface area contributed by atoms with Crippen molar-refractivity contribution in [2.45, 2.75) is 0 Å². The van der Waals surface area contributed by atoms with Crippen LogP contribution >= 0.6 is 31.7 Å². The van der Waals surface area contributed by atoms with E-state index in [0.717, 1.165) is 0 Å². The zero-order valence-electron chi connectivity index (χ0n) is 16.2. The van der Waals surface area contributed by atoms with Crippen LogP contribution in [0, 0.1) is 47.3 Å². The summed E-state index contributed by atoms with van der Waals surface area (Å²) in [6.45, 7) is 35.5. The van der Waals surface area contributed by atoms with E-state index in [2.05, 4.69) is 53.3 Å². The fourth-order valence-corrected chi connectivity index (χ4v) is 9.00. The van der Waals surface area contributed by atoms with Crippen molar-refractivity contribution in [2.24, 2.45) is 0 Å². The molecule has 0 heterocycles. The molecule has 0 rings (SSSR count). The number of rotatable bonds is 4. The average molecular weight is 798 g/mol. The molecule has 0 atom stereocenters. The van der Waals surface area contributed by atoms with Crippen molar-refractivity contribution in [3.8, 4) is 0 Å². The largest absolute Gasteiger partial charge is 0.512 e. The molecular weight excluding hydrogens is 770 g/mol. The Kier molecular flexibility index (Phi) is 86.4. The van der Waals surface area contributed by atoms with Gasteiger partial charge in [0, 0.05) is 42.1 Å². The van der Waals surface area contributed by atoms with Crippen LogP contribution in [0.3, 0.4) is 0 Å². The minimum absolute atomic E-state index is 0. The zero-order chi connectivity index (χ0) is 21.5. The van der Waals surface area contributed by atoms with Gasteiger partial charge in [0.05, 0.1) is 53.3 Å². The molecule has 0 aromatic carbocycles. The second kappa shape index (κ2) is 44.7. The fourth-order valence-electron chi connectivity index (χ4n) is 1.00. The maximum atomic E-state index is 10.9. The summed E-state index contributed by atoms with van der Waals surface area (Å²) in [4.78, 5) is 21.9. The zero-order valence-corrected chi connectivity index (χ0v) is 24.8. The molecule has 0 aromatic heterocycles. The molecule has 0 radical (unpaired) electrons. The molecule has 0 saturated heterocycles. The van der Waals surface area contributed by atoms with Crippen LogP contribution in [-0.4, -0.2) is 63.8 Å². The van der Waals surface area contributed by atoms with E-state index >= 15 is 0 Å². The first-order valence-corrected chi connectivity index (χ1v) is 16.3. The van der Waals surface area contributed by atoms with Crippen molar-refractivity contribution in [3.63, 3.8) is 0 Å². The molecule has 0 aliphatic rings. The summed E-state index contributed by atoms with van der Waals surface area (Å²) in [5, 5.41) is 26.1. The Bertz CT molecular complexity index is 318. The number of carbonyl (C=O) groups excluding carboxylic acids is 2. The van der Waals surface area contributed by atoms with Crippen LogP contribution < -0.4 is 0 Å². The Balaban J connectivity index is -0.0000000283.